The molecule has 0 unspecified atom stereocenters. The molecular weight excluding hydrogens is 473 g/mol. The van der Waals surface area contributed by atoms with Gasteiger partial charge in [-0.05, 0) is 54.3 Å². The zero-order valence-corrected chi connectivity index (χ0v) is 20.9. The Labute approximate surface area is 213 Å². The highest BCUT2D eigenvalue weighted by Gasteiger charge is 2.33. The number of carbonyl (C=O) groups excluding carboxylic acids is 1. The maximum absolute atomic E-state index is 14.1. The van der Waals surface area contributed by atoms with E-state index in [1.54, 1.807) is 0 Å². The van der Waals surface area contributed by atoms with Crippen molar-refractivity contribution in [2.75, 3.05) is 19.6 Å². The molecule has 2 aliphatic rings. The van der Waals surface area contributed by atoms with E-state index >= 15 is 0 Å². The number of hydrogen-bond donors (Lipinski definition) is 5. The number of halogens is 1. The summed E-state index contributed by atoms with van der Waals surface area (Å²) in [6.07, 6.45) is 1.19. The average molecular weight is 504 g/mol. The van der Waals surface area contributed by atoms with Crippen LogP contribution in [0.15, 0.2) is 30.3 Å². The minimum atomic E-state index is -0.643. The number of phenols is 1. The Hall–Kier alpha value is -3.76. The maximum Gasteiger partial charge on any atom is 0.240 e. The van der Waals surface area contributed by atoms with Gasteiger partial charge in [0.25, 0.3) is 0 Å². The van der Waals surface area contributed by atoms with Crippen LogP contribution >= 0.6 is 0 Å². The quantitative estimate of drug-likeness (QED) is 0.292. The van der Waals surface area contributed by atoms with Crippen molar-refractivity contribution in [3.63, 3.8) is 0 Å². The lowest BCUT2D eigenvalue weighted by atomic mass is 9.96. The third-order valence-corrected chi connectivity index (χ3v) is 7.52. The summed E-state index contributed by atoms with van der Waals surface area (Å²) in [6.45, 7) is 6.92. The molecule has 6 rings (SSSR count). The Morgan fingerprint density at radius 1 is 1.27 bits per heavy atom. The molecule has 37 heavy (non-hydrogen) atoms. The fourth-order valence-corrected chi connectivity index (χ4v) is 5.44. The molecule has 1 fully saturated rings. The predicted octanol–water partition coefficient (Wildman–Crippen LogP) is 2.86. The molecule has 192 valence electrons. The van der Waals surface area contributed by atoms with Crippen LogP contribution in [-0.4, -0.2) is 67.8 Å². The van der Waals surface area contributed by atoms with E-state index in [4.69, 9.17) is 4.98 Å². The lowest BCUT2D eigenvalue weighted by Crippen LogP contribution is -2.58. The summed E-state index contributed by atoms with van der Waals surface area (Å²) in [4.78, 5) is 23.3. The molecular formula is C27H30FN7O2. The fourth-order valence-electron chi connectivity index (χ4n) is 5.44. The Balaban J connectivity index is 1.27. The first-order valence-corrected chi connectivity index (χ1v) is 12.8. The monoisotopic (exact) mass is 503 g/mol. The third kappa shape index (κ3) is 4.15. The van der Waals surface area contributed by atoms with Gasteiger partial charge in [-0.15, -0.1) is 0 Å². The van der Waals surface area contributed by atoms with Crippen molar-refractivity contribution in [2.24, 2.45) is 0 Å². The number of rotatable bonds is 4. The number of aromatic nitrogens is 4. The molecule has 0 aliphatic carbocycles. The van der Waals surface area contributed by atoms with Gasteiger partial charge in [-0.3, -0.25) is 15.2 Å². The van der Waals surface area contributed by atoms with Crippen LogP contribution in [0.5, 0.6) is 5.75 Å². The van der Waals surface area contributed by atoms with Crippen molar-refractivity contribution in [3.05, 3.63) is 53.1 Å². The topological polar surface area (TPSA) is 122 Å². The minimum Gasteiger partial charge on any atom is -0.505 e. The largest absolute Gasteiger partial charge is 0.505 e. The number of aromatic amines is 2. The number of aromatic hydroxyl groups is 1. The second-order valence-corrected chi connectivity index (χ2v) is 9.88. The van der Waals surface area contributed by atoms with E-state index in [1.807, 2.05) is 30.0 Å². The van der Waals surface area contributed by atoms with Crippen LogP contribution in [0.2, 0.25) is 0 Å². The highest BCUT2D eigenvalue weighted by molar-refractivity contribution is 5.94. The molecule has 0 saturated carbocycles. The van der Waals surface area contributed by atoms with E-state index in [-0.39, 0.29) is 23.7 Å². The molecule has 2 aromatic heterocycles. The van der Waals surface area contributed by atoms with Gasteiger partial charge < -0.3 is 20.3 Å². The number of amides is 1. The summed E-state index contributed by atoms with van der Waals surface area (Å²) < 4.78 is 14.1. The molecule has 1 amide bonds. The summed E-state index contributed by atoms with van der Waals surface area (Å²) in [6, 6.07) is 8.55. The van der Waals surface area contributed by atoms with E-state index in [0.717, 1.165) is 52.1 Å². The predicted molar refractivity (Wildman–Crippen MR) is 138 cm³/mol. The van der Waals surface area contributed by atoms with Crippen LogP contribution in [0, 0.1) is 5.82 Å². The van der Waals surface area contributed by atoms with Gasteiger partial charge in [0.2, 0.25) is 5.91 Å². The Morgan fingerprint density at radius 2 is 2.14 bits per heavy atom. The molecule has 0 radical (unpaired) electrons. The zero-order chi connectivity index (χ0) is 25.7. The van der Waals surface area contributed by atoms with E-state index in [1.165, 1.54) is 12.1 Å². The van der Waals surface area contributed by atoms with E-state index in [0.29, 0.717) is 37.4 Å². The van der Waals surface area contributed by atoms with Gasteiger partial charge in [-0.1, -0.05) is 13.0 Å². The second kappa shape index (κ2) is 9.28. The molecule has 2 atom stereocenters. The van der Waals surface area contributed by atoms with Crippen molar-refractivity contribution < 1.29 is 14.3 Å². The van der Waals surface area contributed by atoms with Crippen LogP contribution < -0.4 is 10.6 Å². The van der Waals surface area contributed by atoms with Gasteiger partial charge in [-0.25, -0.2) is 9.37 Å². The van der Waals surface area contributed by atoms with Crippen molar-refractivity contribution >= 4 is 16.8 Å². The Bertz CT molecular complexity index is 1490. The highest BCUT2D eigenvalue weighted by Crippen LogP contribution is 2.34. The number of imidazole rings is 1. The van der Waals surface area contributed by atoms with Crippen LogP contribution in [0.3, 0.4) is 0 Å². The van der Waals surface area contributed by atoms with E-state index < -0.39 is 5.82 Å². The molecule has 10 heteroatoms. The average Bonchev–Trinajstić information content (AvgIpc) is 3.53. The molecule has 0 spiro atoms. The zero-order valence-electron chi connectivity index (χ0n) is 20.9. The van der Waals surface area contributed by atoms with Crippen LogP contribution in [0.1, 0.15) is 30.8 Å². The molecule has 2 aromatic carbocycles. The van der Waals surface area contributed by atoms with Gasteiger partial charge in [0, 0.05) is 44.0 Å². The van der Waals surface area contributed by atoms with Gasteiger partial charge in [0.05, 0.1) is 22.9 Å². The SMILES string of the molecule is CCc1cc(O)c(F)cc1-c1ccc2c(-c3nc4c([nH]3)CN[C@H](C(=O)N3CCNC[C@@H]3C)C4)n[nH]c2c1. The number of carbonyl (C=O) groups is 1. The van der Waals surface area contributed by atoms with Crippen molar-refractivity contribution in [3.8, 4) is 28.4 Å². The third-order valence-electron chi connectivity index (χ3n) is 7.52. The molecule has 5 N–H and O–H groups in total. The molecule has 9 nitrogen and oxygen atoms in total. The summed E-state index contributed by atoms with van der Waals surface area (Å²) in [5, 5.41) is 25.0. The van der Waals surface area contributed by atoms with Gasteiger partial charge >= 0.3 is 0 Å². The van der Waals surface area contributed by atoms with Gasteiger partial charge in [-0.2, -0.15) is 5.10 Å². The van der Waals surface area contributed by atoms with E-state index in [9.17, 15) is 14.3 Å². The normalized spacial score (nSPS) is 19.8. The number of nitrogens with one attached hydrogen (secondary N) is 4. The molecule has 4 aromatic rings. The van der Waals surface area contributed by atoms with Crippen molar-refractivity contribution in [1.82, 2.24) is 35.7 Å². The fraction of sp³-hybridized carbons (Fsp3) is 0.370. The lowest BCUT2D eigenvalue weighted by Gasteiger charge is -2.37. The number of piperazine rings is 1. The maximum atomic E-state index is 14.1. The summed E-state index contributed by atoms with van der Waals surface area (Å²) in [5.41, 5.74) is 5.79. The lowest BCUT2D eigenvalue weighted by molar-refractivity contribution is -0.136. The highest BCUT2D eigenvalue weighted by atomic mass is 19.1. The van der Waals surface area contributed by atoms with Crippen molar-refractivity contribution in [2.45, 2.75) is 45.3 Å². The number of fused-ring (bicyclic) bond motifs is 2. The molecule has 2 aliphatic heterocycles. The summed E-state index contributed by atoms with van der Waals surface area (Å²) in [7, 11) is 0. The first-order chi connectivity index (χ1) is 17.9. The first kappa shape index (κ1) is 23.6. The first-order valence-electron chi connectivity index (χ1n) is 12.8. The number of nitrogens with zero attached hydrogens (tertiary/aromatic N) is 3. The standard InChI is InChI=1S/C27H30FN7O2/c1-3-15-9-24(36)19(28)10-18(15)16-4-5-17-20(8-16)33-34-25(17)26-31-21-11-22(30-13-23(21)32-26)27(37)35-7-6-29-12-14(35)2/h4-5,8-10,14,22,29-30,36H,3,6-7,11-13H2,1-2H3,(H,31,32)(H,33,34)/t14-,22-/m0/s1. The second-order valence-electron chi connectivity index (χ2n) is 9.88. The van der Waals surface area contributed by atoms with Gasteiger partial charge in [0.1, 0.15) is 5.69 Å². The van der Waals surface area contributed by atoms with Gasteiger partial charge in [0.15, 0.2) is 17.4 Å². The number of hydrogen-bond acceptors (Lipinski definition) is 6. The number of H-pyrrole nitrogens is 2. The Kier molecular flexibility index (Phi) is 5.92. The Morgan fingerprint density at radius 3 is 2.95 bits per heavy atom. The van der Waals surface area contributed by atoms with Crippen LogP contribution in [-0.2, 0) is 24.2 Å². The van der Waals surface area contributed by atoms with Crippen LogP contribution in [0.25, 0.3) is 33.5 Å². The minimum absolute atomic E-state index is 0.124. The molecule has 0 bridgehead atoms. The van der Waals surface area contributed by atoms with Crippen molar-refractivity contribution in [1.29, 1.82) is 0 Å². The summed E-state index contributed by atoms with van der Waals surface area (Å²) in [5.74, 6) is -0.206. The number of phenolic OH excluding ortho intramolecular Hbond substituents is 1. The molecule has 1 saturated heterocycles. The summed E-state index contributed by atoms with van der Waals surface area (Å²) >= 11 is 0. The van der Waals surface area contributed by atoms with Crippen LogP contribution in [0.4, 0.5) is 4.39 Å². The molecule has 4 heterocycles. The number of aryl methyl sites for hydroxylation is 1. The number of benzene rings is 2. The van der Waals surface area contributed by atoms with E-state index in [2.05, 4.69) is 32.7 Å². The smallest absolute Gasteiger partial charge is 0.240 e.